The molecule has 20 heavy (non-hydrogen) atoms. The molecular formula is C18H30N2. The van der Waals surface area contributed by atoms with Gasteiger partial charge in [-0.2, -0.15) is 0 Å². The highest BCUT2D eigenvalue weighted by molar-refractivity contribution is 5.14. The Morgan fingerprint density at radius 3 is 2.40 bits per heavy atom. The lowest BCUT2D eigenvalue weighted by Crippen LogP contribution is -2.44. The second kappa shape index (κ2) is 7.80. The molecule has 1 saturated carbocycles. The fourth-order valence-corrected chi connectivity index (χ4v) is 3.66. The van der Waals surface area contributed by atoms with E-state index >= 15 is 0 Å². The highest BCUT2D eigenvalue weighted by Crippen LogP contribution is 2.36. The first-order chi connectivity index (χ1) is 9.78. The van der Waals surface area contributed by atoms with Crippen LogP contribution in [0.25, 0.3) is 0 Å². The van der Waals surface area contributed by atoms with Crippen LogP contribution in [0.1, 0.15) is 44.6 Å². The normalized spacial score (nSPS) is 18.4. The number of rotatable bonds is 7. The van der Waals surface area contributed by atoms with Gasteiger partial charge < -0.3 is 5.32 Å². The van der Waals surface area contributed by atoms with Crippen molar-refractivity contribution in [3.8, 4) is 0 Å². The molecule has 1 aliphatic carbocycles. The smallest absolute Gasteiger partial charge is 0.0233 e. The molecule has 2 rings (SSSR count). The van der Waals surface area contributed by atoms with Crippen molar-refractivity contribution in [2.75, 3.05) is 26.7 Å². The number of nitrogens with one attached hydrogen (secondary N) is 1. The maximum Gasteiger partial charge on any atom is 0.0233 e. The Labute approximate surface area is 124 Å². The zero-order valence-electron chi connectivity index (χ0n) is 13.2. The van der Waals surface area contributed by atoms with Gasteiger partial charge in [0.15, 0.2) is 0 Å². The van der Waals surface area contributed by atoms with Gasteiger partial charge in [-0.3, -0.25) is 4.90 Å². The van der Waals surface area contributed by atoms with Crippen LogP contribution in [0.2, 0.25) is 0 Å². The molecule has 0 heterocycles. The van der Waals surface area contributed by atoms with Crippen LogP contribution in [-0.4, -0.2) is 31.6 Å². The Balaban J connectivity index is 1.99. The van der Waals surface area contributed by atoms with E-state index in [0.29, 0.717) is 5.41 Å². The van der Waals surface area contributed by atoms with E-state index in [1.165, 1.54) is 44.2 Å². The topological polar surface area (TPSA) is 15.3 Å². The fraction of sp³-hybridized carbons (Fsp3) is 0.667. The summed E-state index contributed by atoms with van der Waals surface area (Å²) < 4.78 is 0. The lowest BCUT2D eigenvalue weighted by molar-refractivity contribution is 0.103. The summed E-state index contributed by atoms with van der Waals surface area (Å²) in [6, 6.07) is 10.9. The largest absolute Gasteiger partial charge is 0.319 e. The molecule has 1 aromatic carbocycles. The second-order valence-corrected chi connectivity index (χ2v) is 6.38. The first-order valence-corrected chi connectivity index (χ1v) is 8.19. The van der Waals surface area contributed by atoms with Crippen LogP contribution in [0.3, 0.4) is 0 Å². The van der Waals surface area contributed by atoms with Gasteiger partial charge in [-0.1, -0.05) is 56.5 Å². The van der Waals surface area contributed by atoms with Crippen molar-refractivity contribution in [3.63, 3.8) is 0 Å². The average molecular weight is 274 g/mol. The summed E-state index contributed by atoms with van der Waals surface area (Å²) in [6.07, 6.45) is 7.02. The molecule has 0 radical (unpaired) electrons. The minimum Gasteiger partial charge on any atom is -0.319 e. The van der Waals surface area contributed by atoms with Gasteiger partial charge in [0.05, 0.1) is 0 Å². The van der Waals surface area contributed by atoms with E-state index in [1.807, 2.05) is 0 Å². The molecule has 1 aromatic rings. The summed E-state index contributed by atoms with van der Waals surface area (Å²) in [5, 5.41) is 3.44. The van der Waals surface area contributed by atoms with Gasteiger partial charge in [-0.05, 0) is 37.4 Å². The molecule has 1 N–H and O–H groups in total. The number of nitrogens with zero attached hydrogens (tertiary/aromatic N) is 1. The zero-order chi connectivity index (χ0) is 14.3. The minimum atomic E-state index is 0.498. The number of hydrogen-bond donors (Lipinski definition) is 1. The van der Waals surface area contributed by atoms with Gasteiger partial charge in [0.25, 0.3) is 0 Å². The van der Waals surface area contributed by atoms with Gasteiger partial charge in [0.2, 0.25) is 0 Å². The van der Waals surface area contributed by atoms with E-state index < -0.39 is 0 Å². The third-order valence-electron chi connectivity index (χ3n) is 4.72. The fourth-order valence-electron chi connectivity index (χ4n) is 3.66. The maximum absolute atomic E-state index is 3.44. The van der Waals surface area contributed by atoms with Crippen molar-refractivity contribution in [3.05, 3.63) is 35.9 Å². The third kappa shape index (κ3) is 4.32. The van der Waals surface area contributed by atoms with E-state index in [1.54, 1.807) is 0 Å². The summed E-state index contributed by atoms with van der Waals surface area (Å²) >= 11 is 0. The molecule has 0 amide bonds. The van der Waals surface area contributed by atoms with Crippen molar-refractivity contribution in [2.45, 2.75) is 45.6 Å². The molecule has 0 saturated heterocycles. The maximum atomic E-state index is 3.44. The Bertz CT molecular complexity index is 363. The van der Waals surface area contributed by atoms with E-state index in [-0.39, 0.29) is 0 Å². The van der Waals surface area contributed by atoms with Gasteiger partial charge in [0, 0.05) is 19.6 Å². The lowest BCUT2D eigenvalue weighted by Gasteiger charge is -2.41. The predicted molar refractivity (Wildman–Crippen MR) is 86.8 cm³/mol. The first kappa shape index (κ1) is 15.5. The molecule has 2 heteroatoms. The van der Waals surface area contributed by atoms with Crippen molar-refractivity contribution in [2.24, 2.45) is 5.41 Å². The zero-order valence-corrected chi connectivity index (χ0v) is 13.2. The van der Waals surface area contributed by atoms with Crippen molar-refractivity contribution < 1.29 is 0 Å². The summed E-state index contributed by atoms with van der Waals surface area (Å²) in [6.45, 7) is 6.92. The van der Waals surface area contributed by atoms with Crippen LogP contribution in [0.15, 0.2) is 30.3 Å². The molecule has 1 fully saturated rings. The standard InChI is InChI=1S/C18H30N2/c1-3-20(14-17-10-6-4-7-11-17)16-18(15-19-2)12-8-5-9-13-18/h4,6-7,10-11,19H,3,5,8-9,12-16H2,1-2H3. The van der Waals surface area contributed by atoms with Crippen LogP contribution in [-0.2, 0) is 6.54 Å². The lowest BCUT2D eigenvalue weighted by atomic mass is 9.73. The van der Waals surface area contributed by atoms with Gasteiger partial charge >= 0.3 is 0 Å². The minimum absolute atomic E-state index is 0.498. The SMILES string of the molecule is CCN(Cc1ccccc1)CC1(CNC)CCCCC1. The van der Waals surface area contributed by atoms with Gasteiger partial charge in [0.1, 0.15) is 0 Å². The molecular weight excluding hydrogens is 244 g/mol. The van der Waals surface area contributed by atoms with Crippen molar-refractivity contribution in [1.29, 1.82) is 0 Å². The van der Waals surface area contributed by atoms with E-state index in [9.17, 15) is 0 Å². The molecule has 0 aliphatic heterocycles. The Kier molecular flexibility index (Phi) is 6.06. The summed E-state index contributed by atoms with van der Waals surface area (Å²) in [4.78, 5) is 2.62. The van der Waals surface area contributed by atoms with Gasteiger partial charge in [-0.15, -0.1) is 0 Å². The Morgan fingerprint density at radius 2 is 1.80 bits per heavy atom. The Hall–Kier alpha value is -0.860. The predicted octanol–water partition coefficient (Wildman–Crippen LogP) is 3.68. The monoisotopic (exact) mass is 274 g/mol. The number of benzene rings is 1. The quantitative estimate of drug-likeness (QED) is 0.816. The van der Waals surface area contributed by atoms with Crippen LogP contribution in [0, 0.1) is 5.41 Å². The molecule has 0 spiro atoms. The van der Waals surface area contributed by atoms with Crippen LogP contribution < -0.4 is 5.32 Å². The van der Waals surface area contributed by atoms with Crippen molar-refractivity contribution >= 4 is 0 Å². The first-order valence-electron chi connectivity index (χ1n) is 8.19. The van der Waals surface area contributed by atoms with Crippen molar-refractivity contribution in [1.82, 2.24) is 10.2 Å². The average Bonchev–Trinajstić information content (AvgIpc) is 2.49. The van der Waals surface area contributed by atoms with Gasteiger partial charge in [-0.25, -0.2) is 0 Å². The summed E-state index contributed by atoms with van der Waals surface area (Å²) in [5.41, 5.74) is 1.93. The van der Waals surface area contributed by atoms with E-state index in [0.717, 1.165) is 19.6 Å². The van der Waals surface area contributed by atoms with Crippen LogP contribution in [0.5, 0.6) is 0 Å². The van der Waals surface area contributed by atoms with E-state index in [4.69, 9.17) is 0 Å². The number of hydrogen-bond acceptors (Lipinski definition) is 2. The summed E-state index contributed by atoms with van der Waals surface area (Å²) in [5.74, 6) is 0. The third-order valence-corrected chi connectivity index (χ3v) is 4.72. The molecule has 0 unspecified atom stereocenters. The highest BCUT2D eigenvalue weighted by Gasteiger charge is 2.32. The molecule has 0 atom stereocenters. The molecule has 0 bridgehead atoms. The van der Waals surface area contributed by atoms with Crippen LogP contribution >= 0.6 is 0 Å². The molecule has 2 nitrogen and oxygen atoms in total. The molecule has 0 aromatic heterocycles. The van der Waals surface area contributed by atoms with E-state index in [2.05, 4.69) is 54.5 Å². The Morgan fingerprint density at radius 1 is 1.10 bits per heavy atom. The summed E-state index contributed by atoms with van der Waals surface area (Å²) in [7, 11) is 2.10. The second-order valence-electron chi connectivity index (χ2n) is 6.38. The van der Waals surface area contributed by atoms with Crippen LogP contribution in [0.4, 0.5) is 0 Å². The molecule has 1 aliphatic rings. The molecule has 112 valence electrons. The highest BCUT2D eigenvalue weighted by atomic mass is 15.1.